The zero-order valence-electron chi connectivity index (χ0n) is 18.1. The van der Waals surface area contributed by atoms with E-state index in [2.05, 4.69) is 4.90 Å². The predicted octanol–water partition coefficient (Wildman–Crippen LogP) is 4.68. The van der Waals surface area contributed by atoms with Crippen LogP contribution in [0.25, 0.3) is 0 Å². The van der Waals surface area contributed by atoms with Crippen LogP contribution in [0, 0.1) is 5.82 Å². The third-order valence-electron chi connectivity index (χ3n) is 5.61. The maximum atomic E-state index is 13.5. The van der Waals surface area contributed by atoms with Crippen LogP contribution in [0.3, 0.4) is 0 Å². The van der Waals surface area contributed by atoms with Gasteiger partial charge in [-0.25, -0.2) is 12.8 Å². The van der Waals surface area contributed by atoms with Gasteiger partial charge < -0.3 is 9.80 Å². The molecule has 0 radical (unpaired) electrons. The van der Waals surface area contributed by atoms with Crippen molar-refractivity contribution in [1.82, 2.24) is 4.90 Å². The summed E-state index contributed by atoms with van der Waals surface area (Å²) in [5.74, 6) is -0.651. The lowest BCUT2D eigenvalue weighted by atomic mass is 10.2. The monoisotopic (exact) mass is 521 g/mol. The molecule has 0 N–H and O–H groups in total. The minimum Gasteiger partial charge on any atom is -0.368 e. The van der Waals surface area contributed by atoms with Gasteiger partial charge in [0.1, 0.15) is 12.4 Å². The summed E-state index contributed by atoms with van der Waals surface area (Å²) in [6.07, 6.45) is 0. The van der Waals surface area contributed by atoms with E-state index in [0.29, 0.717) is 31.2 Å². The van der Waals surface area contributed by atoms with E-state index in [1.54, 1.807) is 35.2 Å². The summed E-state index contributed by atoms with van der Waals surface area (Å²) in [6, 6.07) is 18.5. The average Bonchev–Trinajstić information content (AvgIpc) is 2.84. The van der Waals surface area contributed by atoms with E-state index in [0.717, 1.165) is 9.99 Å². The summed E-state index contributed by atoms with van der Waals surface area (Å²) in [5.41, 5.74) is 1.04. The Labute approximate surface area is 208 Å². The summed E-state index contributed by atoms with van der Waals surface area (Å²) in [5, 5.41) is 0.481. The Morgan fingerprint density at radius 3 is 2.18 bits per heavy atom. The fourth-order valence-electron chi connectivity index (χ4n) is 3.79. The first-order valence-corrected chi connectivity index (χ1v) is 12.8. The number of carbonyl (C=O) groups excluding carboxylic acids is 1. The molecule has 0 saturated carbocycles. The van der Waals surface area contributed by atoms with E-state index in [-0.39, 0.29) is 27.3 Å². The molecule has 1 amide bonds. The van der Waals surface area contributed by atoms with Crippen LogP contribution in [0.5, 0.6) is 0 Å². The molecule has 0 unspecified atom stereocenters. The number of nitrogens with zero attached hydrogens (tertiary/aromatic N) is 3. The van der Waals surface area contributed by atoms with E-state index in [9.17, 15) is 17.6 Å². The molecule has 0 aliphatic carbocycles. The van der Waals surface area contributed by atoms with E-state index >= 15 is 0 Å². The molecule has 0 bridgehead atoms. The van der Waals surface area contributed by atoms with Crippen molar-refractivity contribution in [2.45, 2.75) is 4.90 Å². The van der Waals surface area contributed by atoms with Crippen molar-refractivity contribution in [2.75, 3.05) is 41.9 Å². The Morgan fingerprint density at radius 1 is 0.912 bits per heavy atom. The molecule has 4 rings (SSSR count). The van der Waals surface area contributed by atoms with Crippen molar-refractivity contribution in [2.24, 2.45) is 0 Å². The van der Waals surface area contributed by atoms with Crippen LogP contribution >= 0.6 is 23.2 Å². The summed E-state index contributed by atoms with van der Waals surface area (Å²) in [4.78, 5) is 16.9. The van der Waals surface area contributed by atoms with Gasteiger partial charge in [-0.2, -0.15) is 0 Å². The van der Waals surface area contributed by atoms with Gasteiger partial charge in [0.15, 0.2) is 0 Å². The first kappa shape index (κ1) is 24.3. The molecule has 3 aromatic rings. The molecular formula is C24H22Cl2FN3O3S. The normalized spacial score (nSPS) is 14.2. The summed E-state index contributed by atoms with van der Waals surface area (Å²) >= 11 is 12.3. The third-order valence-corrected chi connectivity index (χ3v) is 7.92. The summed E-state index contributed by atoms with van der Waals surface area (Å²) in [6.45, 7) is 1.50. The van der Waals surface area contributed by atoms with E-state index in [1.165, 1.54) is 42.5 Å². The minimum atomic E-state index is -4.07. The Morgan fingerprint density at radius 2 is 1.56 bits per heavy atom. The van der Waals surface area contributed by atoms with Crippen LogP contribution in [0.4, 0.5) is 15.8 Å². The second-order valence-electron chi connectivity index (χ2n) is 7.76. The Balaban J connectivity index is 1.55. The number of rotatable bonds is 6. The second-order valence-corrected chi connectivity index (χ2v) is 10.5. The summed E-state index contributed by atoms with van der Waals surface area (Å²) in [7, 11) is -4.07. The van der Waals surface area contributed by atoms with E-state index in [4.69, 9.17) is 23.2 Å². The molecule has 34 heavy (non-hydrogen) atoms. The zero-order chi connectivity index (χ0) is 24.3. The molecule has 6 nitrogen and oxygen atoms in total. The van der Waals surface area contributed by atoms with Gasteiger partial charge in [0.2, 0.25) is 5.91 Å². The summed E-state index contributed by atoms with van der Waals surface area (Å²) < 4.78 is 41.2. The van der Waals surface area contributed by atoms with Gasteiger partial charge in [-0.3, -0.25) is 9.10 Å². The smallest absolute Gasteiger partial charge is 0.264 e. The molecule has 178 valence electrons. The van der Waals surface area contributed by atoms with Crippen LogP contribution in [0.15, 0.2) is 77.7 Å². The van der Waals surface area contributed by atoms with Gasteiger partial charge in [-0.15, -0.1) is 0 Å². The first-order chi connectivity index (χ1) is 16.3. The number of hydrogen-bond acceptors (Lipinski definition) is 4. The lowest BCUT2D eigenvalue weighted by Gasteiger charge is -2.37. The number of carbonyl (C=O) groups is 1. The fourth-order valence-corrected chi connectivity index (χ4v) is 5.81. The fraction of sp³-hybridized carbons (Fsp3) is 0.208. The van der Waals surface area contributed by atoms with Gasteiger partial charge in [-0.1, -0.05) is 41.4 Å². The van der Waals surface area contributed by atoms with Gasteiger partial charge in [-0.05, 0) is 54.6 Å². The van der Waals surface area contributed by atoms with Gasteiger partial charge in [0.05, 0.1) is 15.6 Å². The van der Waals surface area contributed by atoms with E-state index in [1.807, 2.05) is 0 Å². The molecule has 0 atom stereocenters. The number of benzene rings is 3. The molecular weight excluding hydrogens is 500 g/mol. The maximum Gasteiger partial charge on any atom is 0.264 e. The number of piperazine rings is 1. The van der Waals surface area contributed by atoms with Crippen molar-refractivity contribution < 1.29 is 17.6 Å². The maximum absolute atomic E-state index is 13.5. The predicted molar refractivity (Wildman–Crippen MR) is 133 cm³/mol. The molecule has 1 saturated heterocycles. The number of sulfonamides is 1. The Kier molecular flexibility index (Phi) is 7.30. The molecule has 0 aromatic heterocycles. The number of halogens is 3. The van der Waals surface area contributed by atoms with Crippen molar-refractivity contribution >= 4 is 50.5 Å². The molecule has 3 aromatic carbocycles. The highest BCUT2D eigenvalue weighted by molar-refractivity contribution is 7.92. The zero-order valence-corrected chi connectivity index (χ0v) is 20.4. The first-order valence-electron chi connectivity index (χ1n) is 10.6. The van der Waals surface area contributed by atoms with Gasteiger partial charge >= 0.3 is 0 Å². The molecule has 10 heteroatoms. The molecule has 1 fully saturated rings. The van der Waals surface area contributed by atoms with Crippen LogP contribution in [0.2, 0.25) is 10.0 Å². The molecule has 1 aliphatic rings. The SMILES string of the molecule is O=C(CN(c1ccc(Cl)cc1Cl)S(=O)(=O)c1ccccc1)N1CCN(c2ccc(F)cc2)CC1. The highest BCUT2D eigenvalue weighted by atomic mass is 35.5. The van der Waals surface area contributed by atoms with Crippen LogP contribution < -0.4 is 9.21 Å². The van der Waals surface area contributed by atoms with Crippen molar-refractivity contribution in [3.63, 3.8) is 0 Å². The standard InChI is InChI=1S/C24H22Cl2FN3O3S/c25-18-6-11-23(22(26)16-18)30(34(32,33)21-4-2-1-3-5-21)17-24(31)29-14-12-28(13-15-29)20-9-7-19(27)8-10-20/h1-11,16H,12-15,17H2. The Bertz CT molecular complexity index is 1270. The van der Waals surface area contributed by atoms with Crippen LogP contribution in [0.1, 0.15) is 0 Å². The third kappa shape index (κ3) is 5.29. The van der Waals surface area contributed by atoms with Crippen molar-refractivity contribution in [3.8, 4) is 0 Å². The minimum absolute atomic E-state index is 0.0509. The lowest BCUT2D eigenvalue weighted by Crippen LogP contribution is -2.52. The van der Waals surface area contributed by atoms with Crippen molar-refractivity contribution in [3.05, 3.63) is 88.7 Å². The second kappa shape index (κ2) is 10.2. The van der Waals surface area contributed by atoms with E-state index < -0.39 is 16.6 Å². The van der Waals surface area contributed by atoms with Crippen LogP contribution in [-0.2, 0) is 14.8 Å². The quantitative estimate of drug-likeness (QED) is 0.472. The molecule has 1 aliphatic heterocycles. The highest BCUT2D eigenvalue weighted by Gasteiger charge is 2.31. The van der Waals surface area contributed by atoms with Crippen molar-refractivity contribution in [1.29, 1.82) is 0 Å². The number of anilines is 2. The molecule has 0 spiro atoms. The highest BCUT2D eigenvalue weighted by Crippen LogP contribution is 2.32. The largest absolute Gasteiger partial charge is 0.368 e. The lowest BCUT2D eigenvalue weighted by molar-refractivity contribution is -0.129. The number of amides is 1. The van der Waals surface area contributed by atoms with Gasteiger partial charge in [0.25, 0.3) is 10.0 Å². The molecule has 1 heterocycles. The topological polar surface area (TPSA) is 60.9 Å². The Hall–Kier alpha value is -2.81. The average molecular weight is 522 g/mol. The van der Waals surface area contributed by atoms with Gasteiger partial charge in [0, 0.05) is 36.9 Å². The van der Waals surface area contributed by atoms with Crippen LogP contribution in [-0.4, -0.2) is 51.9 Å². The number of hydrogen-bond donors (Lipinski definition) is 0.